The highest BCUT2D eigenvalue weighted by molar-refractivity contribution is 5.78. The van der Waals surface area contributed by atoms with E-state index in [2.05, 4.69) is 47.9 Å². The van der Waals surface area contributed by atoms with Crippen LogP contribution in [-0.2, 0) is 114 Å². The number of nitrogens with two attached hydrogens (primary N) is 4. The lowest BCUT2D eigenvalue weighted by Crippen LogP contribution is -2.59. The highest BCUT2D eigenvalue weighted by Gasteiger charge is 2.46. The van der Waals surface area contributed by atoms with E-state index in [1.807, 2.05) is 0 Å². The van der Waals surface area contributed by atoms with E-state index in [9.17, 15) is 90.0 Å². The van der Waals surface area contributed by atoms with Gasteiger partial charge in [-0.15, -0.1) is 0 Å². The Morgan fingerprint density at radius 2 is 0.477 bits per heavy atom. The molecule has 0 aromatic rings. The third-order valence-corrected chi connectivity index (χ3v) is 18.8. The number of allylic oxidation sites excluding steroid dienone is 3. The summed E-state index contributed by atoms with van der Waals surface area (Å²) in [6, 6.07) is 0. The minimum atomic E-state index is -1.53. The lowest BCUT2D eigenvalue weighted by Gasteiger charge is -2.39. The molecule has 29 N–H and O–H groups in total. The molecule has 6 amide bonds. The van der Waals surface area contributed by atoms with Crippen LogP contribution in [0.5, 0.6) is 0 Å². The van der Waals surface area contributed by atoms with Crippen molar-refractivity contribution in [2.75, 3.05) is 257 Å². The van der Waals surface area contributed by atoms with Crippen molar-refractivity contribution in [1.82, 2.24) is 47.9 Å². The molecule has 3 fully saturated rings. The van der Waals surface area contributed by atoms with Gasteiger partial charge in [-0.2, -0.15) is 0 Å². The molecule has 3 saturated heterocycles. The van der Waals surface area contributed by atoms with E-state index >= 15 is 0 Å². The van der Waals surface area contributed by atoms with Crippen LogP contribution in [-0.4, -0.2) is 451 Å². The van der Waals surface area contributed by atoms with Crippen LogP contribution in [0.4, 0.5) is 0 Å². The van der Waals surface area contributed by atoms with Gasteiger partial charge in [0.2, 0.25) is 35.4 Å². The van der Waals surface area contributed by atoms with Crippen LogP contribution in [0.2, 0.25) is 0 Å². The standard InChI is InChI=1S/C79H149N13O36/c80-55(46-84-19-25-111-28-31-114-34-37-117-40-43-123-76-73(108)70(105)67(102)58(49-93)126-76)4-7-61(96)87-13-1-16-90-64(99)10-22-120-52-79(83,53-121-23-11-65(100)91-17-2-14-88-62(97)8-5-56(81)47-85-20-26-112-29-32-115-35-38-118-41-44-124-77-74(109)71(106)68(103)59(50-94)127-77)54-122-24-12-66(101)92-18-3-15-89-63(98)9-6-57(82)48-86-21-27-113-30-33-116-36-39-119-42-45-125-78-75(110)72(107)69(104)60(51-95)128-78/h46-48,58-60,67-78,84-86,93-95,102-110H,1-45,49-54,80-83H2,(H,87,96)(H,88,97)(H,89,98)(H,90,99)(H,91,100)(H,92,101)/b55-46-,56-47-,57-48-/t58?,59?,60?,67-,68-,69-,70?,71?,72?,73?,74?,75?,76+,77+,78+,79?/m1/s1. The fourth-order valence-electron chi connectivity index (χ4n) is 11.5. The molecule has 3 aliphatic rings. The Balaban J connectivity index is 1.25. The predicted molar refractivity (Wildman–Crippen MR) is 450 cm³/mol. The number of ether oxygens (including phenoxy) is 18. The molecular formula is C79H149N13O36. The summed E-state index contributed by atoms with van der Waals surface area (Å²) in [6.07, 6.45) is -12.9. The molecule has 0 saturated carbocycles. The van der Waals surface area contributed by atoms with Crippen LogP contribution in [0.1, 0.15) is 77.0 Å². The molecule has 0 aromatic carbocycles. The number of carbonyl (C=O) groups excluding carboxylic acids is 6. The van der Waals surface area contributed by atoms with E-state index in [4.69, 9.17) is 108 Å². The first kappa shape index (κ1) is 116. The second-order valence-electron chi connectivity index (χ2n) is 29.7. The fourth-order valence-corrected chi connectivity index (χ4v) is 11.5. The van der Waals surface area contributed by atoms with Gasteiger partial charge in [-0.05, 0) is 38.5 Å². The smallest absolute Gasteiger partial charge is 0.222 e. The van der Waals surface area contributed by atoms with E-state index in [1.54, 1.807) is 18.6 Å². The van der Waals surface area contributed by atoms with Crippen molar-refractivity contribution in [2.45, 2.75) is 175 Å². The molecule has 49 nitrogen and oxygen atoms in total. The first-order valence-electron chi connectivity index (χ1n) is 43.4. The molecule has 49 heteroatoms. The van der Waals surface area contributed by atoms with Crippen molar-refractivity contribution in [2.24, 2.45) is 22.9 Å². The highest BCUT2D eigenvalue weighted by Crippen LogP contribution is 2.25. The Kier molecular flexibility index (Phi) is 67.0. The third-order valence-electron chi connectivity index (χ3n) is 18.8. The molecule has 3 heterocycles. The van der Waals surface area contributed by atoms with Gasteiger partial charge in [0.1, 0.15) is 73.2 Å². The number of amides is 6. The minimum Gasteiger partial charge on any atom is -0.401 e. The molecule has 746 valence electrons. The van der Waals surface area contributed by atoms with Crippen LogP contribution in [0.15, 0.2) is 35.7 Å². The zero-order valence-electron chi connectivity index (χ0n) is 73.4. The van der Waals surface area contributed by atoms with Crippen LogP contribution in [0.3, 0.4) is 0 Å². The average Bonchev–Trinajstić information content (AvgIpc) is 0.829. The summed E-state index contributed by atoms with van der Waals surface area (Å²) in [5.41, 5.74) is 25.1. The molecule has 3 rings (SSSR count). The zero-order valence-corrected chi connectivity index (χ0v) is 73.4. The highest BCUT2D eigenvalue weighted by atomic mass is 16.7. The molecule has 15 atom stereocenters. The second-order valence-corrected chi connectivity index (χ2v) is 29.7. The van der Waals surface area contributed by atoms with Gasteiger partial charge >= 0.3 is 0 Å². The quantitative estimate of drug-likeness (QED) is 0.0251. The average molecular weight is 1860 g/mol. The summed E-state index contributed by atoms with van der Waals surface area (Å²) >= 11 is 0. The van der Waals surface area contributed by atoms with Gasteiger partial charge in [0.25, 0.3) is 0 Å². The monoisotopic (exact) mass is 1860 g/mol. The lowest BCUT2D eigenvalue weighted by molar-refractivity contribution is -0.302. The molecule has 0 radical (unpaired) electrons. The maximum absolute atomic E-state index is 12.7. The number of carbonyl (C=O) groups is 6. The summed E-state index contributed by atoms with van der Waals surface area (Å²) in [4.78, 5) is 75.7. The van der Waals surface area contributed by atoms with Crippen molar-refractivity contribution in [1.29, 1.82) is 0 Å². The van der Waals surface area contributed by atoms with Gasteiger partial charge < -0.3 is 217 Å². The van der Waals surface area contributed by atoms with Crippen molar-refractivity contribution in [3.05, 3.63) is 35.7 Å². The molecule has 3 aliphatic heterocycles. The topological polar surface area (TPSA) is 724 Å². The lowest BCUT2D eigenvalue weighted by atomic mass is 9.99. The SMILES string of the molecule is N/C(=C\NCCOCCOCCOCCO[C@H]1OC(CO)[C@@H](O)C(O)C1O)CCC(=O)NCCCNC(=O)CCOCC(N)(COCCC(=O)NCCCNC(=O)CC/C(N)=C/NCCOCCOCCOCCO[C@H]1OC(CO)[C@@H](O)C(O)C1O)COCCC(=O)NCCCNC(=O)CC/C(N)=C/NCCOCCOCCOCCO[C@H]1OC(CO)[C@@H](O)C(O)C1O. The van der Waals surface area contributed by atoms with Gasteiger partial charge in [0.05, 0.1) is 204 Å². The van der Waals surface area contributed by atoms with Crippen molar-refractivity contribution < 1.29 is 175 Å². The Bertz CT molecular complexity index is 2670. The fraction of sp³-hybridized carbons (Fsp3) is 0.848. The number of nitrogens with one attached hydrogen (secondary N) is 9. The molecule has 9 unspecified atom stereocenters. The zero-order chi connectivity index (χ0) is 93.6. The molecular weight excluding hydrogens is 1710 g/mol. The molecule has 0 bridgehead atoms. The number of hydrogen-bond acceptors (Lipinski definition) is 43. The normalized spacial score (nSPS) is 23.2. The summed E-state index contributed by atoms with van der Waals surface area (Å²) in [5, 5.41) is 143. The number of hydrogen-bond donors (Lipinski definition) is 25. The van der Waals surface area contributed by atoms with Crippen LogP contribution >= 0.6 is 0 Å². The van der Waals surface area contributed by atoms with Crippen LogP contribution in [0.25, 0.3) is 0 Å². The maximum Gasteiger partial charge on any atom is 0.222 e. The third kappa shape index (κ3) is 55.8. The predicted octanol–water partition coefficient (Wildman–Crippen LogP) is -11.1. The Morgan fingerprint density at radius 3 is 0.703 bits per heavy atom. The Morgan fingerprint density at radius 1 is 0.266 bits per heavy atom. The van der Waals surface area contributed by atoms with E-state index in [0.717, 1.165) is 0 Å². The van der Waals surface area contributed by atoms with Gasteiger partial charge in [0.15, 0.2) is 18.9 Å². The molecule has 0 aliphatic carbocycles. The van der Waals surface area contributed by atoms with Gasteiger partial charge in [-0.3, -0.25) is 28.8 Å². The summed E-state index contributed by atoms with van der Waals surface area (Å²) in [6.45, 7) is 6.22. The Labute approximate surface area is 746 Å². The summed E-state index contributed by atoms with van der Waals surface area (Å²) in [7, 11) is 0. The minimum absolute atomic E-state index is 0.0176. The van der Waals surface area contributed by atoms with Crippen molar-refractivity contribution >= 4 is 35.4 Å². The number of aliphatic hydroxyl groups excluding tert-OH is 12. The maximum atomic E-state index is 12.7. The van der Waals surface area contributed by atoms with E-state index in [1.165, 1.54) is 0 Å². The molecule has 0 spiro atoms. The largest absolute Gasteiger partial charge is 0.401 e. The van der Waals surface area contributed by atoms with Gasteiger partial charge in [-0.25, -0.2) is 0 Å². The van der Waals surface area contributed by atoms with Gasteiger partial charge in [-0.1, -0.05) is 0 Å². The van der Waals surface area contributed by atoms with E-state index < -0.39 is 117 Å². The number of aliphatic hydroxyl groups is 12. The molecule has 128 heavy (non-hydrogen) atoms. The Hall–Kier alpha value is -6.40. The first-order valence-corrected chi connectivity index (χ1v) is 43.4. The van der Waals surface area contributed by atoms with Crippen LogP contribution in [0, 0.1) is 0 Å². The second kappa shape index (κ2) is 74.1. The van der Waals surface area contributed by atoms with E-state index in [-0.39, 0.29) is 213 Å². The molecule has 0 aromatic heterocycles. The van der Waals surface area contributed by atoms with Crippen LogP contribution < -0.4 is 70.8 Å². The summed E-state index contributed by atoms with van der Waals surface area (Å²) in [5.74, 6) is -1.57. The summed E-state index contributed by atoms with van der Waals surface area (Å²) < 4.78 is 98.7. The first-order chi connectivity index (χ1) is 61.8. The van der Waals surface area contributed by atoms with Crippen molar-refractivity contribution in [3.63, 3.8) is 0 Å². The number of rotatable bonds is 81. The van der Waals surface area contributed by atoms with Crippen molar-refractivity contribution in [3.8, 4) is 0 Å². The van der Waals surface area contributed by atoms with Gasteiger partial charge in [0, 0.05) is 133 Å². The van der Waals surface area contributed by atoms with E-state index in [0.29, 0.717) is 154 Å².